The number of hydrogen-bond acceptors (Lipinski definition) is 4. The Balaban J connectivity index is 1.65. The third kappa shape index (κ3) is 3.43. The van der Waals surface area contributed by atoms with E-state index in [1.807, 2.05) is 0 Å². The Bertz CT molecular complexity index is 302. The number of nitrogens with zero attached hydrogens (tertiary/aromatic N) is 2. The van der Waals surface area contributed by atoms with E-state index in [9.17, 15) is 8.42 Å². The maximum atomic E-state index is 11.7. The van der Waals surface area contributed by atoms with Crippen molar-refractivity contribution in [1.29, 1.82) is 0 Å². The van der Waals surface area contributed by atoms with Crippen LogP contribution in [0.2, 0.25) is 0 Å². The molecule has 0 aromatic heterocycles. The summed E-state index contributed by atoms with van der Waals surface area (Å²) in [4.78, 5) is 4.38. The van der Waals surface area contributed by atoms with Crippen molar-refractivity contribution >= 4 is 9.84 Å². The SMILES string of the molecule is CC1CN1CCS(=O)(=O)CCN1CC1C. The molecule has 0 aromatic carbocycles. The quantitative estimate of drug-likeness (QED) is 0.595. The van der Waals surface area contributed by atoms with Gasteiger partial charge in [0.15, 0.2) is 9.84 Å². The van der Waals surface area contributed by atoms with Crippen LogP contribution < -0.4 is 0 Å². The van der Waals surface area contributed by atoms with E-state index in [0.29, 0.717) is 23.6 Å². The number of rotatable bonds is 6. The Morgan fingerprint density at radius 2 is 1.33 bits per heavy atom. The Labute approximate surface area is 92.2 Å². The smallest absolute Gasteiger partial charge is 0.152 e. The van der Waals surface area contributed by atoms with Crippen molar-refractivity contribution in [2.75, 3.05) is 37.7 Å². The van der Waals surface area contributed by atoms with Crippen molar-refractivity contribution < 1.29 is 8.42 Å². The average Bonchev–Trinajstić information content (AvgIpc) is 3.01. The number of sulfone groups is 1. The highest BCUT2D eigenvalue weighted by atomic mass is 32.2. The van der Waals surface area contributed by atoms with Crippen molar-refractivity contribution in [2.24, 2.45) is 0 Å². The second kappa shape index (κ2) is 4.03. The fraction of sp³-hybridized carbons (Fsp3) is 1.00. The van der Waals surface area contributed by atoms with Crippen molar-refractivity contribution in [3.8, 4) is 0 Å². The van der Waals surface area contributed by atoms with Crippen LogP contribution in [0.5, 0.6) is 0 Å². The summed E-state index contributed by atoms with van der Waals surface area (Å²) in [5, 5.41) is 0. The van der Waals surface area contributed by atoms with Gasteiger partial charge in [-0.2, -0.15) is 0 Å². The van der Waals surface area contributed by atoms with Gasteiger partial charge in [-0.25, -0.2) is 8.42 Å². The van der Waals surface area contributed by atoms with Crippen LogP contribution in [0.25, 0.3) is 0 Å². The molecule has 2 aliphatic heterocycles. The molecule has 0 N–H and O–H groups in total. The molecule has 2 saturated heterocycles. The Morgan fingerprint density at radius 1 is 1.00 bits per heavy atom. The third-order valence-electron chi connectivity index (χ3n) is 3.36. The molecule has 2 fully saturated rings. The minimum Gasteiger partial charge on any atom is -0.297 e. The standard InChI is InChI=1S/C10H20N2O2S/c1-9-7-11(9)3-5-15(13,14)6-4-12-8-10(12)2/h9-10H,3-8H2,1-2H3. The monoisotopic (exact) mass is 232 g/mol. The van der Waals surface area contributed by atoms with Crippen LogP contribution in [-0.2, 0) is 9.84 Å². The molecule has 5 heteroatoms. The molecule has 15 heavy (non-hydrogen) atoms. The van der Waals surface area contributed by atoms with E-state index in [-0.39, 0.29) is 0 Å². The molecule has 4 unspecified atom stereocenters. The zero-order valence-electron chi connectivity index (χ0n) is 9.52. The molecule has 4 atom stereocenters. The van der Waals surface area contributed by atoms with Crippen LogP contribution in [0.15, 0.2) is 0 Å². The lowest BCUT2D eigenvalue weighted by Crippen LogP contribution is -2.23. The van der Waals surface area contributed by atoms with Gasteiger partial charge in [-0.1, -0.05) is 0 Å². The minimum atomic E-state index is -2.82. The second-order valence-electron chi connectivity index (χ2n) is 4.84. The average molecular weight is 232 g/mol. The molecule has 0 spiro atoms. The van der Waals surface area contributed by atoms with Gasteiger partial charge in [0.25, 0.3) is 0 Å². The fourth-order valence-electron chi connectivity index (χ4n) is 1.82. The van der Waals surface area contributed by atoms with Gasteiger partial charge < -0.3 is 0 Å². The summed E-state index contributed by atoms with van der Waals surface area (Å²) in [7, 11) is -2.82. The maximum Gasteiger partial charge on any atom is 0.152 e. The first kappa shape index (κ1) is 11.4. The highest BCUT2D eigenvalue weighted by molar-refractivity contribution is 7.91. The lowest BCUT2D eigenvalue weighted by Gasteiger charge is -2.05. The van der Waals surface area contributed by atoms with Gasteiger partial charge in [-0.15, -0.1) is 0 Å². The molecule has 0 saturated carbocycles. The van der Waals surface area contributed by atoms with Crippen molar-refractivity contribution in [3.63, 3.8) is 0 Å². The van der Waals surface area contributed by atoms with E-state index < -0.39 is 9.84 Å². The van der Waals surface area contributed by atoms with Crippen molar-refractivity contribution in [2.45, 2.75) is 25.9 Å². The predicted octanol–water partition coefficient (Wildman–Crippen LogP) is -0.191. The molecule has 2 rings (SSSR count). The van der Waals surface area contributed by atoms with E-state index in [1.54, 1.807) is 0 Å². The van der Waals surface area contributed by atoms with Gasteiger partial charge in [0.1, 0.15) is 0 Å². The summed E-state index contributed by atoms with van der Waals surface area (Å²) >= 11 is 0. The second-order valence-corrected chi connectivity index (χ2v) is 7.14. The predicted molar refractivity (Wildman–Crippen MR) is 60.7 cm³/mol. The zero-order chi connectivity index (χ0) is 11.1. The molecule has 0 aromatic rings. The van der Waals surface area contributed by atoms with Crippen LogP contribution in [-0.4, -0.2) is 68.0 Å². The summed E-state index contributed by atoms with van der Waals surface area (Å²) in [5.41, 5.74) is 0. The van der Waals surface area contributed by atoms with E-state index in [0.717, 1.165) is 26.2 Å². The molecule has 0 amide bonds. The highest BCUT2D eigenvalue weighted by Crippen LogP contribution is 2.17. The first-order valence-corrected chi connectivity index (χ1v) is 7.48. The maximum absolute atomic E-state index is 11.7. The molecule has 0 radical (unpaired) electrons. The van der Waals surface area contributed by atoms with Crippen LogP contribution >= 0.6 is 0 Å². The summed E-state index contributed by atoms with van der Waals surface area (Å²) in [5.74, 6) is 0.666. The van der Waals surface area contributed by atoms with Crippen LogP contribution in [0.1, 0.15) is 13.8 Å². The summed E-state index contributed by atoms with van der Waals surface area (Å²) in [6, 6.07) is 1.21. The van der Waals surface area contributed by atoms with Gasteiger partial charge in [-0.05, 0) is 13.8 Å². The Morgan fingerprint density at radius 3 is 1.60 bits per heavy atom. The summed E-state index contributed by atoms with van der Waals surface area (Å²) < 4.78 is 23.3. The van der Waals surface area contributed by atoms with Gasteiger partial charge in [-0.3, -0.25) is 9.80 Å². The van der Waals surface area contributed by atoms with Gasteiger partial charge >= 0.3 is 0 Å². The van der Waals surface area contributed by atoms with E-state index >= 15 is 0 Å². The van der Waals surface area contributed by atoms with E-state index in [1.165, 1.54) is 0 Å². The summed E-state index contributed by atoms with van der Waals surface area (Å²) in [6.45, 7) is 7.84. The minimum absolute atomic E-state index is 0.333. The van der Waals surface area contributed by atoms with Crippen molar-refractivity contribution in [1.82, 2.24) is 9.80 Å². The van der Waals surface area contributed by atoms with E-state index in [2.05, 4.69) is 23.6 Å². The lowest BCUT2D eigenvalue weighted by molar-refractivity contribution is 0.521. The third-order valence-corrected chi connectivity index (χ3v) is 4.97. The van der Waals surface area contributed by atoms with Crippen LogP contribution in [0.4, 0.5) is 0 Å². The normalized spacial score (nSPS) is 39.1. The lowest BCUT2D eigenvalue weighted by atomic mass is 10.6. The van der Waals surface area contributed by atoms with Crippen LogP contribution in [0, 0.1) is 0 Å². The topological polar surface area (TPSA) is 40.2 Å². The first-order chi connectivity index (χ1) is 6.98. The summed E-state index contributed by atoms with van der Waals surface area (Å²) in [6.07, 6.45) is 0. The first-order valence-electron chi connectivity index (χ1n) is 5.66. The molecular weight excluding hydrogens is 212 g/mol. The molecule has 4 nitrogen and oxygen atoms in total. The zero-order valence-corrected chi connectivity index (χ0v) is 10.3. The molecular formula is C10H20N2O2S. The van der Waals surface area contributed by atoms with Gasteiger partial charge in [0, 0.05) is 38.3 Å². The van der Waals surface area contributed by atoms with Crippen molar-refractivity contribution in [3.05, 3.63) is 0 Å². The Hall–Kier alpha value is -0.130. The Kier molecular flexibility index (Phi) is 3.05. The molecule has 0 aliphatic carbocycles. The highest BCUT2D eigenvalue weighted by Gasteiger charge is 2.32. The molecule has 88 valence electrons. The molecule has 0 bridgehead atoms. The van der Waals surface area contributed by atoms with Gasteiger partial charge in [0.05, 0.1) is 11.5 Å². The van der Waals surface area contributed by atoms with Crippen LogP contribution in [0.3, 0.4) is 0 Å². The molecule has 2 heterocycles. The number of hydrogen-bond donors (Lipinski definition) is 0. The fourth-order valence-corrected chi connectivity index (χ4v) is 3.05. The van der Waals surface area contributed by atoms with E-state index in [4.69, 9.17) is 0 Å². The molecule has 2 aliphatic rings. The van der Waals surface area contributed by atoms with Gasteiger partial charge in [0.2, 0.25) is 0 Å². The largest absolute Gasteiger partial charge is 0.297 e.